The summed E-state index contributed by atoms with van der Waals surface area (Å²) < 4.78 is 11.5. The molecule has 0 spiro atoms. The van der Waals surface area contributed by atoms with E-state index in [1.807, 2.05) is 30.9 Å². The Morgan fingerprint density at radius 3 is 2.67 bits per heavy atom. The van der Waals surface area contributed by atoms with E-state index in [0.717, 1.165) is 36.9 Å². The molecule has 1 saturated carbocycles. The number of nitrogens with one attached hydrogen (secondary N) is 1. The van der Waals surface area contributed by atoms with Crippen LogP contribution in [0.1, 0.15) is 71.4 Å². The smallest absolute Gasteiger partial charge is 0.273 e. The van der Waals surface area contributed by atoms with Gasteiger partial charge in [-0.1, -0.05) is 49.7 Å². The van der Waals surface area contributed by atoms with E-state index >= 15 is 0 Å². The third-order valence-corrected chi connectivity index (χ3v) is 6.77. The molecule has 1 unspecified atom stereocenters. The summed E-state index contributed by atoms with van der Waals surface area (Å²) in [4.78, 5) is 31.7. The number of hydrogen-bond donors (Lipinski definition) is 1. The third-order valence-electron chi connectivity index (χ3n) is 6.77. The van der Waals surface area contributed by atoms with Crippen LogP contribution in [0.4, 0.5) is 0 Å². The quantitative estimate of drug-likeness (QED) is 0.492. The largest absolute Gasteiger partial charge is 0.484 e. The molecule has 0 bridgehead atoms. The van der Waals surface area contributed by atoms with Crippen LogP contribution in [-0.4, -0.2) is 34.8 Å². The van der Waals surface area contributed by atoms with E-state index < -0.39 is 0 Å². The molecular formula is C29H33N3O4. The average Bonchev–Trinajstić information content (AvgIpc) is 3.62. The highest BCUT2D eigenvalue weighted by Crippen LogP contribution is 2.41. The second-order valence-electron chi connectivity index (χ2n) is 10.2. The molecule has 1 aromatic heterocycles. The van der Waals surface area contributed by atoms with Gasteiger partial charge in [0.2, 0.25) is 11.8 Å². The van der Waals surface area contributed by atoms with E-state index in [0.29, 0.717) is 24.1 Å². The van der Waals surface area contributed by atoms with Crippen molar-refractivity contribution in [2.45, 2.75) is 52.7 Å². The van der Waals surface area contributed by atoms with Gasteiger partial charge >= 0.3 is 0 Å². The van der Waals surface area contributed by atoms with Crippen LogP contribution < -0.4 is 10.1 Å². The third kappa shape index (κ3) is 5.30. The number of rotatable bonds is 8. The lowest BCUT2D eigenvalue weighted by molar-refractivity contribution is -0.134. The van der Waals surface area contributed by atoms with E-state index in [-0.39, 0.29) is 36.1 Å². The van der Waals surface area contributed by atoms with Gasteiger partial charge in [-0.15, -0.1) is 0 Å². The first-order valence-electron chi connectivity index (χ1n) is 12.7. The monoisotopic (exact) mass is 487 g/mol. The Bertz CT molecular complexity index is 1240. The first-order chi connectivity index (χ1) is 17.4. The van der Waals surface area contributed by atoms with Crippen LogP contribution in [-0.2, 0) is 17.8 Å². The van der Waals surface area contributed by atoms with Crippen molar-refractivity contribution in [1.29, 1.82) is 0 Å². The molecule has 2 amide bonds. The van der Waals surface area contributed by atoms with Crippen LogP contribution in [0.5, 0.6) is 5.75 Å². The van der Waals surface area contributed by atoms with Crippen molar-refractivity contribution in [2.75, 3.05) is 13.1 Å². The highest BCUT2D eigenvalue weighted by molar-refractivity contribution is 5.91. The molecule has 1 aliphatic heterocycles. The number of carbonyl (C=O) groups is 2. The molecule has 1 atom stereocenters. The lowest BCUT2D eigenvalue weighted by atomic mass is 9.87. The number of aryl methyl sites for hydroxylation is 1. The molecule has 0 saturated heterocycles. The lowest BCUT2D eigenvalue weighted by Crippen LogP contribution is -2.41. The number of amides is 2. The van der Waals surface area contributed by atoms with Crippen molar-refractivity contribution in [2.24, 2.45) is 11.8 Å². The van der Waals surface area contributed by atoms with Crippen molar-refractivity contribution < 1.29 is 18.7 Å². The normalized spacial score (nSPS) is 17.1. The van der Waals surface area contributed by atoms with Gasteiger partial charge in [0, 0.05) is 19.0 Å². The Labute approximate surface area is 211 Å². The molecule has 1 N–H and O–H groups in total. The molecular weight excluding hydrogens is 454 g/mol. The Hall–Kier alpha value is -3.61. The van der Waals surface area contributed by atoms with Crippen molar-refractivity contribution in [1.82, 2.24) is 15.2 Å². The number of nitrogens with zero attached hydrogens (tertiary/aromatic N) is 2. The van der Waals surface area contributed by atoms with Crippen LogP contribution >= 0.6 is 0 Å². The molecule has 3 aromatic rings. The maximum atomic E-state index is 13.2. The maximum Gasteiger partial charge on any atom is 0.273 e. The SMILES string of the molecule is Cc1ccc(C2c3cc(OCc4nc(C(=O)NCC(C)C)co4)ccc3CCN2C(=O)C2CC2)cc1. The molecule has 5 rings (SSSR count). The van der Waals surface area contributed by atoms with Gasteiger partial charge < -0.3 is 19.4 Å². The molecule has 36 heavy (non-hydrogen) atoms. The molecule has 1 aliphatic carbocycles. The van der Waals surface area contributed by atoms with Gasteiger partial charge in [0.15, 0.2) is 12.3 Å². The summed E-state index contributed by atoms with van der Waals surface area (Å²) >= 11 is 0. The van der Waals surface area contributed by atoms with Gasteiger partial charge in [0.1, 0.15) is 12.0 Å². The van der Waals surface area contributed by atoms with Crippen LogP contribution in [0.25, 0.3) is 0 Å². The second-order valence-corrected chi connectivity index (χ2v) is 10.2. The minimum Gasteiger partial charge on any atom is -0.484 e. The zero-order valence-corrected chi connectivity index (χ0v) is 21.1. The summed E-state index contributed by atoms with van der Waals surface area (Å²) in [5, 5.41) is 2.83. The summed E-state index contributed by atoms with van der Waals surface area (Å²) in [7, 11) is 0. The van der Waals surface area contributed by atoms with Crippen molar-refractivity contribution in [3.63, 3.8) is 0 Å². The standard InChI is InChI=1S/C29H33N3O4/c1-18(2)15-30-28(33)25-16-36-26(31-25)17-35-23-11-10-20-12-13-32(29(34)22-8-9-22)27(24(20)14-23)21-6-4-19(3)5-7-21/h4-7,10-11,14,16,18,22,27H,8-9,12-13,15,17H2,1-3H3,(H,30,33). The molecule has 188 valence electrons. The van der Waals surface area contributed by atoms with Gasteiger partial charge in [-0.3, -0.25) is 9.59 Å². The number of fused-ring (bicyclic) bond motifs is 1. The van der Waals surface area contributed by atoms with Crippen LogP contribution in [0.2, 0.25) is 0 Å². The minimum absolute atomic E-state index is 0.107. The zero-order chi connectivity index (χ0) is 25.2. The predicted molar refractivity (Wildman–Crippen MR) is 136 cm³/mol. The summed E-state index contributed by atoms with van der Waals surface area (Å²) in [6.07, 6.45) is 4.15. The average molecular weight is 488 g/mol. The summed E-state index contributed by atoms with van der Waals surface area (Å²) in [5.74, 6) is 1.52. The summed E-state index contributed by atoms with van der Waals surface area (Å²) in [6, 6.07) is 14.4. The Morgan fingerprint density at radius 2 is 1.94 bits per heavy atom. The molecule has 7 nitrogen and oxygen atoms in total. The van der Waals surface area contributed by atoms with E-state index in [4.69, 9.17) is 9.15 Å². The molecule has 2 aliphatic rings. The van der Waals surface area contributed by atoms with E-state index in [2.05, 4.69) is 47.6 Å². The predicted octanol–water partition coefficient (Wildman–Crippen LogP) is 4.83. The summed E-state index contributed by atoms with van der Waals surface area (Å²) in [6.45, 7) is 7.54. The highest BCUT2D eigenvalue weighted by Gasteiger charge is 2.39. The lowest BCUT2D eigenvalue weighted by Gasteiger charge is -2.38. The van der Waals surface area contributed by atoms with Crippen molar-refractivity contribution in [3.05, 3.63) is 82.6 Å². The second kappa shape index (κ2) is 10.2. The van der Waals surface area contributed by atoms with Gasteiger partial charge in [0.05, 0.1) is 6.04 Å². The number of benzene rings is 2. The van der Waals surface area contributed by atoms with Crippen LogP contribution in [0, 0.1) is 18.8 Å². The number of carbonyl (C=O) groups excluding carboxylic acids is 2. The van der Waals surface area contributed by atoms with Crippen molar-refractivity contribution >= 4 is 11.8 Å². The van der Waals surface area contributed by atoms with Crippen LogP contribution in [0.3, 0.4) is 0 Å². The molecule has 2 aromatic carbocycles. The summed E-state index contributed by atoms with van der Waals surface area (Å²) in [5.41, 5.74) is 4.87. The van der Waals surface area contributed by atoms with Gasteiger partial charge in [0.25, 0.3) is 5.91 Å². The number of oxazole rings is 1. The Balaban J connectivity index is 1.35. The minimum atomic E-state index is -0.256. The Morgan fingerprint density at radius 1 is 1.17 bits per heavy atom. The van der Waals surface area contributed by atoms with E-state index in [1.54, 1.807) is 0 Å². The molecule has 0 radical (unpaired) electrons. The number of hydrogen-bond acceptors (Lipinski definition) is 5. The number of ether oxygens (including phenoxy) is 1. The Kier molecular flexibility index (Phi) is 6.81. The zero-order valence-electron chi connectivity index (χ0n) is 21.1. The maximum absolute atomic E-state index is 13.2. The first-order valence-corrected chi connectivity index (χ1v) is 12.7. The van der Waals surface area contributed by atoms with Crippen LogP contribution in [0.15, 0.2) is 53.1 Å². The first kappa shape index (κ1) is 24.1. The number of aromatic nitrogens is 1. The van der Waals surface area contributed by atoms with E-state index in [9.17, 15) is 9.59 Å². The molecule has 2 heterocycles. The van der Waals surface area contributed by atoms with Gasteiger partial charge in [-0.2, -0.15) is 0 Å². The highest BCUT2D eigenvalue weighted by atomic mass is 16.5. The van der Waals surface area contributed by atoms with Gasteiger partial charge in [-0.05, 0) is 60.9 Å². The fourth-order valence-electron chi connectivity index (χ4n) is 4.61. The molecule has 1 fully saturated rings. The molecule has 7 heteroatoms. The van der Waals surface area contributed by atoms with Crippen molar-refractivity contribution in [3.8, 4) is 5.75 Å². The fraction of sp³-hybridized carbons (Fsp3) is 0.414. The fourth-order valence-corrected chi connectivity index (χ4v) is 4.61. The van der Waals surface area contributed by atoms with Gasteiger partial charge in [-0.25, -0.2) is 4.98 Å². The topological polar surface area (TPSA) is 84.7 Å². The van der Waals surface area contributed by atoms with E-state index in [1.165, 1.54) is 17.4 Å².